The number of likely N-dealkylation sites (tertiary alicyclic amines) is 1. The summed E-state index contributed by atoms with van der Waals surface area (Å²) in [6, 6.07) is 5.02. The van der Waals surface area contributed by atoms with E-state index < -0.39 is 61.5 Å². The van der Waals surface area contributed by atoms with Crippen molar-refractivity contribution in [2.45, 2.75) is 38.2 Å². The van der Waals surface area contributed by atoms with E-state index >= 15 is 0 Å². The highest BCUT2D eigenvalue weighted by Gasteiger charge is 2.29. The number of carbonyl (C=O) groups excluding carboxylic acids is 1. The summed E-state index contributed by atoms with van der Waals surface area (Å²) in [5.41, 5.74) is 0.112. The van der Waals surface area contributed by atoms with Crippen LogP contribution in [0.1, 0.15) is 50.1 Å². The predicted molar refractivity (Wildman–Crippen MR) is 105 cm³/mol. The molecule has 1 amide bonds. The summed E-state index contributed by atoms with van der Waals surface area (Å²) in [5, 5.41) is 10.7. The minimum atomic E-state index is -2.60. The topological polar surface area (TPSA) is 43.8 Å². The van der Waals surface area contributed by atoms with E-state index in [-0.39, 0.29) is 12.2 Å². The normalized spacial score (nSPS) is 23.7. The first-order valence-electron chi connectivity index (χ1n) is 13.1. The van der Waals surface area contributed by atoms with Crippen LogP contribution in [-0.2, 0) is 4.79 Å². The number of carbonyl (C=O) groups is 1. The molecule has 1 aliphatic heterocycles. The smallest absolute Gasteiger partial charge is 0.226 e. The largest absolute Gasteiger partial charge is 0.387 e. The highest BCUT2D eigenvalue weighted by Crippen LogP contribution is 2.25. The maximum Gasteiger partial charge on any atom is 0.226 e. The van der Waals surface area contributed by atoms with Crippen molar-refractivity contribution in [3.8, 4) is 0 Å². The van der Waals surface area contributed by atoms with Gasteiger partial charge >= 0.3 is 0 Å². The van der Waals surface area contributed by atoms with Crippen molar-refractivity contribution in [2.75, 3.05) is 24.5 Å². The Morgan fingerprint density at radius 1 is 1.31 bits per heavy atom. The molecule has 2 aromatic carbocycles. The first-order valence-corrected chi connectivity index (χ1v) is 8.62. The van der Waals surface area contributed by atoms with Crippen LogP contribution in [0.4, 0.5) is 5.69 Å². The molecule has 0 aliphatic carbocycles. The summed E-state index contributed by atoms with van der Waals surface area (Å²) < 4.78 is 71.2. The molecule has 3 rings (SSSR count). The number of para-hydroxylation sites is 1. The van der Waals surface area contributed by atoms with Gasteiger partial charge in [-0.15, -0.1) is 0 Å². The third-order valence-electron chi connectivity index (χ3n) is 4.55. The van der Waals surface area contributed by atoms with Gasteiger partial charge in [-0.05, 0) is 30.5 Å². The predicted octanol–water partition coefficient (Wildman–Crippen LogP) is 3.63. The number of hydrogen-bond acceptors (Lipinski definition) is 3. The molecule has 1 heterocycles. The quantitative estimate of drug-likeness (QED) is 0.854. The molecule has 1 fully saturated rings. The second-order valence-corrected chi connectivity index (χ2v) is 6.23. The molecule has 1 saturated heterocycles. The van der Waals surface area contributed by atoms with Gasteiger partial charge in [-0.2, -0.15) is 0 Å². The van der Waals surface area contributed by atoms with Crippen LogP contribution in [0.25, 0.3) is 0 Å². The van der Waals surface area contributed by atoms with Gasteiger partial charge in [-0.3, -0.25) is 4.79 Å². The molecule has 0 spiro atoms. The fourth-order valence-corrected chi connectivity index (χ4v) is 3.23. The lowest BCUT2D eigenvalue weighted by molar-refractivity contribution is -0.119. The average Bonchev–Trinajstić information content (AvgIpc) is 2.79. The minimum Gasteiger partial charge on any atom is -0.387 e. The molecule has 4 heteroatoms. The van der Waals surface area contributed by atoms with Crippen molar-refractivity contribution >= 4 is 11.6 Å². The van der Waals surface area contributed by atoms with E-state index in [9.17, 15) is 9.90 Å². The molecule has 1 atom stereocenters. The van der Waals surface area contributed by atoms with E-state index in [1.807, 2.05) is 4.90 Å². The number of β-amino-alcohol motifs (C(OH)–C–C–N with tert-alkyl or cyclic N) is 1. The van der Waals surface area contributed by atoms with E-state index in [1.54, 1.807) is 30.3 Å². The molecule has 1 N–H and O–H groups in total. The Morgan fingerprint density at radius 2 is 2.00 bits per heavy atom. The van der Waals surface area contributed by atoms with E-state index in [0.29, 0.717) is 31.5 Å². The first-order chi connectivity index (χ1) is 16.2. The van der Waals surface area contributed by atoms with Crippen molar-refractivity contribution in [1.82, 2.24) is 4.90 Å². The Morgan fingerprint density at radius 3 is 2.65 bits per heavy atom. The number of rotatable bonds is 6. The van der Waals surface area contributed by atoms with Crippen LogP contribution < -0.4 is 4.90 Å². The summed E-state index contributed by atoms with van der Waals surface area (Å²) in [5.74, 6) is -0.844. The monoisotopic (exact) mass is 361 g/mol. The van der Waals surface area contributed by atoms with Crippen LogP contribution in [0.15, 0.2) is 60.5 Å². The third-order valence-corrected chi connectivity index (χ3v) is 4.55. The van der Waals surface area contributed by atoms with Gasteiger partial charge in [0.15, 0.2) is 0 Å². The van der Waals surface area contributed by atoms with Crippen LogP contribution >= 0.6 is 0 Å². The molecule has 4 nitrogen and oxygen atoms in total. The Kier molecular flexibility index (Phi) is 3.53. The van der Waals surface area contributed by atoms with E-state index in [4.69, 9.17) is 12.3 Å². The number of anilines is 1. The highest BCUT2D eigenvalue weighted by molar-refractivity contribution is 5.93. The lowest BCUT2D eigenvalue weighted by atomic mass is 10.0. The number of amides is 1. The van der Waals surface area contributed by atoms with Gasteiger partial charge in [0.05, 0.1) is 14.3 Å². The zero-order valence-electron chi connectivity index (χ0n) is 23.5. The molecule has 2 aromatic rings. The lowest BCUT2D eigenvalue weighted by Crippen LogP contribution is -2.48. The molecule has 1 unspecified atom stereocenters. The average molecular weight is 362 g/mol. The van der Waals surface area contributed by atoms with Crippen LogP contribution in [-0.4, -0.2) is 41.6 Å². The summed E-state index contributed by atoms with van der Waals surface area (Å²) in [4.78, 5) is 16.0. The third kappa shape index (κ3) is 4.51. The zero-order chi connectivity index (χ0) is 26.1. The SMILES string of the molecule is [2H]c1c([2H])c([2H])c(N(C(=O)CC([2H])([2H])[2H])C2CCN(CC([2H])(O)c3ccccc3)CC2)c([2H])c1[2H]. The number of nitrogens with zero attached hydrogens (tertiary/aromatic N) is 2. The Labute approximate surface area is 168 Å². The molecule has 138 valence electrons. The van der Waals surface area contributed by atoms with Gasteiger partial charge in [0.1, 0.15) is 0 Å². The van der Waals surface area contributed by atoms with Crippen molar-refractivity contribution < 1.29 is 22.2 Å². The second kappa shape index (κ2) is 8.97. The van der Waals surface area contributed by atoms with Crippen LogP contribution in [0.3, 0.4) is 0 Å². The summed E-state index contributed by atoms with van der Waals surface area (Å²) in [6.45, 7) is -1.87. The van der Waals surface area contributed by atoms with Crippen molar-refractivity contribution in [3.63, 3.8) is 0 Å². The maximum absolute atomic E-state index is 13.1. The highest BCUT2D eigenvalue weighted by atomic mass is 16.3. The summed E-state index contributed by atoms with van der Waals surface area (Å²) >= 11 is 0. The molecule has 0 aromatic heterocycles. The summed E-state index contributed by atoms with van der Waals surface area (Å²) in [6.07, 6.45) is -2.08. The van der Waals surface area contributed by atoms with Gasteiger partial charge in [-0.25, -0.2) is 0 Å². The number of benzene rings is 2. The summed E-state index contributed by atoms with van der Waals surface area (Å²) in [7, 11) is 0. The molecular weight excluding hydrogens is 324 g/mol. The maximum atomic E-state index is 13.1. The molecule has 0 radical (unpaired) electrons. The first kappa shape index (κ1) is 10.2. The fourth-order valence-electron chi connectivity index (χ4n) is 3.23. The van der Waals surface area contributed by atoms with E-state index in [0.717, 1.165) is 4.90 Å². The second-order valence-electron chi connectivity index (χ2n) is 6.23. The molecule has 0 saturated carbocycles. The van der Waals surface area contributed by atoms with Crippen molar-refractivity contribution in [3.05, 3.63) is 66.1 Å². The van der Waals surface area contributed by atoms with E-state index in [2.05, 4.69) is 0 Å². The minimum absolute atomic E-state index is 0.0155. The van der Waals surface area contributed by atoms with E-state index in [1.165, 1.54) is 0 Å². The fraction of sp³-hybridized carbons (Fsp3) is 0.409. The number of aliphatic hydroxyl groups is 1. The molecule has 0 bridgehead atoms. The molecule has 26 heavy (non-hydrogen) atoms. The number of piperidine rings is 1. The van der Waals surface area contributed by atoms with Gasteiger partial charge < -0.3 is 14.9 Å². The van der Waals surface area contributed by atoms with Crippen molar-refractivity contribution in [2.24, 2.45) is 0 Å². The Bertz CT molecular complexity index is 1040. The van der Waals surface area contributed by atoms with Gasteiger partial charge in [0.25, 0.3) is 0 Å². The van der Waals surface area contributed by atoms with Crippen LogP contribution in [0, 0.1) is 0 Å². The number of hydrogen-bond donors (Lipinski definition) is 1. The Balaban J connectivity index is 1.87. The zero-order valence-corrected chi connectivity index (χ0v) is 14.5. The Hall–Kier alpha value is -2.17. The van der Waals surface area contributed by atoms with Gasteiger partial charge in [0, 0.05) is 41.9 Å². The lowest BCUT2D eigenvalue weighted by Gasteiger charge is -2.39. The molecule has 1 aliphatic rings. The van der Waals surface area contributed by atoms with Crippen molar-refractivity contribution in [1.29, 1.82) is 0 Å². The van der Waals surface area contributed by atoms with Gasteiger partial charge in [-0.1, -0.05) is 55.3 Å². The van der Waals surface area contributed by atoms with Gasteiger partial charge in [0.2, 0.25) is 5.91 Å². The van der Waals surface area contributed by atoms with Crippen LogP contribution in [0.5, 0.6) is 0 Å². The van der Waals surface area contributed by atoms with Crippen LogP contribution in [0.2, 0.25) is 0 Å². The molecular formula is C22H28N2O2. The standard InChI is InChI=1S/C22H28N2O2/c1-2-22(26)24(19-11-7-4-8-12-19)20-13-15-23(16-14-20)17-21(25)18-9-5-3-6-10-18/h3-12,20-21,25H,2,13-17H2,1H3/i1D3,4D,7D,8D,11D,12D,21D.